The number of halogens is 2. The lowest BCUT2D eigenvalue weighted by atomic mass is 9.86. The molecular weight excluding hydrogens is 293 g/mol. The molecule has 2 aromatic carbocycles. The Kier molecular flexibility index (Phi) is 4.59. The van der Waals surface area contributed by atoms with Crippen LogP contribution in [0, 0.1) is 0 Å². The summed E-state index contributed by atoms with van der Waals surface area (Å²) in [6.45, 7) is 1.97. The Hall–Kier alpha value is -1.22. The molecule has 0 radical (unpaired) electrons. The monoisotopic (exact) mass is 309 g/mol. The fraction of sp³-hybridized carbons (Fsp3) is 0.250. The highest BCUT2D eigenvalue weighted by Gasteiger charge is 2.23. The molecule has 2 rings (SSSR count). The van der Waals surface area contributed by atoms with E-state index >= 15 is 0 Å². The summed E-state index contributed by atoms with van der Waals surface area (Å²) < 4.78 is 5.24. The summed E-state index contributed by atoms with van der Waals surface area (Å²) >= 11 is 12.2. The molecule has 0 bridgehead atoms. The summed E-state index contributed by atoms with van der Waals surface area (Å²) in [5.41, 5.74) is 7.83. The minimum atomic E-state index is -0.553. The molecule has 0 saturated carbocycles. The van der Waals surface area contributed by atoms with Gasteiger partial charge in [0.1, 0.15) is 5.75 Å². The number of methoxy groups -OCH3 is 1. The lowest BCUT2D eigenvalue weighted by Gasteiger charge is -2.26. The zero-order valence-corrected chi connectivity index (χ0v) is 13.0. The summed E-state index contributed by atoms with van der Waals surface area (Å²) in [5.74, 6) is 0.788. The quantitative estimate of drug-likeness (QED) is 0.907. The molecule has 0 fully saturated rings. The third kappa shape index (κ3) is 3.45. The van der Waals surface area contributed by atoms with Gasteiger partial charge in [0.15, 0.2) is 0 Å². The van der Waals surface area contributed by atoms with Crippen molar-refractivity contribution in [1.82, 2.24) is 0 Å². The second-order valence-corrected chi connectivity index (χ2v) is 5.91. The third-order valence-corrected chi connectivity index (χ3v) is 3.90. The number of ether oxygens (including phenoxy) is 1. The van der Waals surface area contributed by atoms with Crippen LogP contribution < -0.4 is 10.5 Å². The van der Waals surface area contributed by atoms with E-state index in [9.17, 15) is 0 Å². The molecule has 1 unspecified atom stereocenters. The van der Waals surface area contributed by atoms with Crippen molar-refractivity contribution in [2.75, 3.05) is 7.11 Å². The van der Waals surface area contributed by atoms with E-state index in [0.717, 1.165) is 16.9 Å². The first-order valence-corrected chi connectivity index (χ1v) is 7.05. The minimum absolute atomic E-state index is 0.553. The highest BCUT2D eigenvalue weighted by Crippen LogP contribution is 2.30. The molecule has 0 aliphatic rings. The molecule has 0 aliphatic heterocycles. The largest absolute Gasteiger partial charge is 0.497 e. The number of nitrogens with two attached hydrogens (primary N) is 1. The summed E-state index contributed by atoms with van der Waals surface area (Å²) in [4.78, 5) is 0. The highest BCUT2D eigenvalue weighted by atomic mass is 35.5. The van der Waals surface area contributed by atoms with E-state index in [-0.39, 0.29) is 0 Å². The van der Waals surface area contributed by atoms with Crippen LogP contribution in [0.1, 0.15) is 18.1 Å². The Balaban J connectivity index is 2.32. The topological polar surface area (TPSA) is 35.2 Å². The van der Waals surface area contributed by atoms with E-state index in [4.69, 9.17) is 33.7 Å². The molecule has 1 atom stereocenters. The van der Waals surface area contributed by atoms with Crippen LogP contribution in [-0.4, -0.2) is 7.11 Å². The van der Waals surface area contributed by atoms with E-state index < -0.39 is 5.54 Å². The predicted molar refractivity (Wildman–Crippen MR) is 84.7 cm³/mol. The zero-order chi connectivity index (χ0) is 14.8. The molecule has 2 nitrogen and oxygen atoms in total. The van der Waals surface area contributed by atoms with Gasteiger partial charge in [-0.1, -0.05) is 35.3 Å². The van der Waals surface area contributed by atoms with E-state index in [1.807, 2.05) is 37.3 Å². The van der Waals surface area contributed by atoms with Gasteiger partial charge in [0.25, 0.3) is 0 Å². The Morgan fingerprint density at radius 3 is 2.60 bits per heavy atom. The molecule has 0 aromatic heterocycles. The van der Waals surface area contributed by atoms with Gasteiger partial charge in [0.2, 0.25) is 0 Å². The van der Waals surface area contributed by atoms with Crippen LogP contribution in [-0.2, 0) is 12.0 Å². The van der Waals surface area contributed by atoms with Crippen molar-refractivity contribution in [1.29, 1.82) is 0 Å². The normalized spacial score (nSPS) is 13.8. The van der Waals surface area contributed by atoms with Crippen LogP contribution in [0.2, 0.25) is 10.0 Å². The van der Waals surface area contributed by atoms with Crippen molar-refractivity contribution in [3.8, 4) is 5.75 Å². The molecule has 0 saturated heterocycles. The average Bonchev–Trinajstić information content (AvgIpc) is 2.43. The van der Waals surface area contributed by atoms with E-state index in [1.54, 1.807) is 19.2 Å². The van der Waals surface area contributed by atoms with Gasteiger partial charge in [0.05, 0.1) is 7.11 Å². The molecule has 0 spiro atoms. The Labute approximate surface area is 129 Å². The molecule has 0 heterocycles. The number of benzene rings is 2. The molecule has 0 aliphatic carbocycles. The van der Waals surface area contributed by atoms with Gasteiger partial charge in [-0.25, -0.2) is 0 Å². The molecule has 20 heavy (non-hydrogen) atoms. The average molecular weight is 310 g/mol. The third-order valence-electron chi connectivity index (χ3n) is 3.29. The first-order valence-electron chi connectivity index (χ1n) is 6.30. The van der Waals surface area contributed by atoms with Gasteiger partial charge in [-0.2, -0.15) is 0 Å². The minimum Gasteiger partial charge on any atom is -0.497 e. The fourth-order valence-corrected chi connectivity index (χ4v) is 2.53. The van der Waals surface area contributed by atoms with Crippen LogP contribution >= 0.6 is 23.2 Å². The standard InChI is InChI=1S/C16H17Cl2NO/c1-16(19,12-4-3-5-14(9-12)20-2)10-11-8-13(17)6-7-15(11)18/h3-9H,10,19H2,1-2H3. The van der Waals surface area contributed by atoms with Crippen LogP contribution in [0.4, 0.5) is 0 Å². The molecule has 4 heteroatoms. The predicted octanol–water partition coefficient (Wildman–Crippen LogP) is 4.42. The SMILES string of the molecule is COc1cccc(C(C)(N)Cc2cc(Cl)ccc2Cl)c1. The van der Waals surface area contributed by atoms with Gasteiger partial charge >= 0.3 is 0 Å². The second kappa shape index (κ2) is 6.04. The van der Waals surface area contributed by atoms with Crippen molar-refractivity contribution < 1.29 is 4.74 Å². The van der Waals surface area contributed by atoms with Crippen LogP contribution in [0.5, 0.6) is 5.75 Å². The summed E-state index contributed by atoms with van der Waals surface area (Å²) in [6, 6.07) is 13.2. The van der Waals surface area contributed by atoms with Gasteiger partial charge in [-0.3, -0.25) is 0 Å². The van der Waals surface area contributed by atoms with Crippen LogP contribution in [0.3, 0.4) is 0 Å². The lowest BCUT2D eigenvalue weighted by molar-refractivity contribution is 0.410. The van der Waals surface area contributed by atoms with Gasteiger partial charge in [-0.15, -0.1) is 0 Å². The highest BCUT2D eigenvalue weighted by molar-refractivity contribution is 6.33. The summed E-state index contributed by atoms with van der Waals surface area (Å²) in [6.07, 6.45) is 0.597. The Morgan fingerprint density at radius 2 is 1.90 bits per heavy atom. The van der Waals surface area contributed by atoms with Crippen molar-refractivity contribution >= 4 is 23.2 Å². The molecule has 2 N–H and O–H groups in total. The van der Waals surface area contributed by atoms with Crippen molar-refractivity contribution in [3.63, 3.8) is 0 Å². The van der Waals surface area contributed by atoms with Crippen LogP contribution in [0.15, 0.2) is 42.5 Å². The maximum Gasteiger partial charge on any atom is 0.119 e. The van der Waals surface area contributed by atoms with E-state index in [2.05, 4.69) is 0 Å². The number of rotatable bonds is 4. The number of hydrogen-bond donors (Lipinski definition) is 1. The zero-order valence-electron chi connectivity index (χ0n) is 11.5. The van der Waals surface area contributed by atoms with Gasteiger partial charge in [-0.05, 0) is 54.8 Å². The summed E-state index contributed by atoms with van der Waals surface area (Å²) in [5, 5.41) is 1.33. The van der Waals surface area contributed by atoms with Gasteiger partial charge < -0.3 is 10.5 Å². The Bertz CT molecular complexity index is 611. The van der Waals surface area contributed by atoms with Crippen molar-refractivity contribution in [3.05, 3.63) is 63.6 Å². The molecule has 2 aromatic rings. The van der Waals surface area contributed by atoms with E-state index in [0.29, 0.717) is 16.5 Å². The smallest absolute Gasteiger partial charge is 0.119 e. The molecular formula is C16H17Cl2NO. The van der Waals surface area contributed by atoms with Gasteiger partial charge in [0, 0.05) is 15.6 Å². The first kappa shape index (κ1) is 15.2. The van der Waals surface area contributed by atoms with Crippen LogP contribution in [0.25, 0.3) is 0 Å². The second-order valence-electron chi connectivity index (χ2n) is 5.06. The molecule has 106 valence electrons. The number of hydrogen-bond acceptors (Lipinski definition) is 2. The lowest BCUT2D eigenvalue weighted by Crippen LogP contribution is -2.35. The maximum atomic E-state index is 6.46. The Morgan fingerprint density at radius 1 is 1.15 bits per heavy atom. The summed E-state index contributed by atoms with van der Waals surface area (Å²) in [7, 11) is 1.64. The maximum absolute atomic E-state index is 6.46. The van der Waals surface area contributed by atoms with Crippen molar-refractivity contribution in [2.24, 2.45) is 5.73 Å². The molecule has 0 amide bonds. The van der Waals surface area contributed by atoms with Crippen molar-refractivity contribution in [2.45, 2.75) is 18.9 Å². The van der Waals surface area contributed by atoms with E-state index in [1.165, 1.54) is 0 Å². The fourth-order valence-electron chi connectivity index (χ4n) is 2.15. The first-order chi connectivity index (χ1) is 9.42.